The van der Waals surface area contributed by atoms with Crippen LogP contribution in [0, 0.1) is 5.41 Å². The van der Waals surface area contributed by atoms with Crippen LogP contribution in [0.2, 0.25) is 0 Å². The number of hydrogen-bond acceptors (Lipinski definition) is 1. The summed E-state index contributed by atoms with van der Waals surface area (Å²) in [6, 6.07) is 0. The van der Waals surface area contributed by atoms with Gasteiger partial charge in [-0.25, -0.2) is 0 Å². The fourth-order valence-electron chi connectivity index (χ4n) is 2.96. The lowest BCUT2D eigenvalue weighted by Crippen LogP contribution is -2.55. The van der Waals surface area contributed by atoms with Gasteiger partial charge in [0.15, 0.2) is 0 Å². The van der Waals surface area contributed by atoms with Crippen LogP contribution in [0.4, 0.5) is 0 Å². The predicted octanol–water partition coefficient (Wildman–Crippen LogP) is 3.90. The second-order valence-corrected chi connectivity index (χ2v) is 6.97. The number of alkyl halides is 1. The summed E-state index contributed by atoms with van der Waals surface area (Å²) in [6.45, 7) is 6.49. The van der Waals surface area contributed by atoms with E-state index in [1.807, 2.05) is 0 Å². The van der Waals surface area contributed by atoms with E-state index >= 15 is 0 Å². The average molecular weight is 261 g/mol. The highest BCUT2D eigenvalue weighted by Crippen LogP contribution is 2.58. The zero-order valence-corrected chi connectivity index (χ0v) is 11.1. The Kier molecular flexibility index (Phi) is 2.72. The topological polar surface area (TPSA) is 9.23 Å². The first-order chi connectivity index (χ1) is 6.44. The maximum atomic E-state index is 6.15. The SMILES string of the molecule is CC(C)(C)OC1CC(Br)C12CCCC2. The van der Waals surface area contributed by atoms with Crippen molar-refractivity contribution in [2.75, 3.05) is 0 Å². The Hall–Kier alpha value is 0.440. The first-order valence-electron chi connectivity index (χ1n) is 5.76. The molecular formula is C12H21BrO. The predicted molar refractivity (Wildman–Crippen MR) is 62.9 cm³/mol. The second-order valence-electron chi connectivity index (χ2n) is 5.86. The molecule has 0 N–H and O–H groups in total. The summed E-state index contributed by atoms with van der Waals surface area (Å²) in [7, 11) is 0. The average Bonchev–Trinajstić information content (AvgIpc) is 2.51. The molecule has 2 aliphatic rings. The molecule has 0 aliphatic heterocycles. The van der Waals surface area contributed by atoms with E-state index in [0.717, 1.165) is 0 Å². The van der Waals surface area contributed by atoms with E-state index in [-0.39, 0.29) is 5.60 Å². The van der Waals surface area contributed by atoms with E-state index in [1.165, 1.54) is 32.1 Å². The lowest BCUT2D eigenvalue weighted by Gasteiger charge is -2.53. The molecule has 2 saturated carbocycles. The molecule has 82 valence electrons. The van der Waals surface area contributed by atoms with Crippen molar-refractivity contribution in [3.63, 3.8) is 0 Å². The van der Waals surface area contributed by atoms with Crippen molar-refractivity contribution >= 4 is 15.9 Å². The minimum Gasteiger partial charge on any atom is -0.372 e. The lowest BCUT2D eigenvalue weighted by molar-refractivity contribution is -0.161. The van der Waals surface area contributed by atoms with Gasteiger partial charge < -0.3 is 4.74 Å². The van der Waals surface area contributed by atoms with Crippen LogP contribution in [0.1, 0.15) is 52.9 Å². The van der Waals surface area contributed by atoms with Gasteiger partial charge in [0.1, 0.15) is 0 Å². The largest absolute Gasteiger partial charge is 0.372 e. The maximum absolute atomic E-state index is 6.15. The first kappa shape index (κ1) is 10.9. The van der Waals surface area contributed by atoms with E-state index in [9.17, 15) is 0 Å². The minimum absolute atomic E-state index is 0.0212. The van der Waals surface area contributed by atoms with Crippen LogP contribution in [-0.2, 0) is 4.74 Å². The van der Waals surface area contributed by atoms with E-state index in [2.05, 4.69) is 36.7 Å². The quantitative estimate of drug-likeness (QED) is 0.650. The zero-order valence-electron chi connectivity index (χ0n) is 9.48. The van der Waals surface area contributed by atoms with Crippen molar-refractivity contribution in [1.29, 1.82) is 0 Å². The monoisotopic (exact) mass is 260 g/mol. The molecular weight excluding hydrogens is 240 g/mol. The van der Waals surface area contributed by atoms with E-state index in [1.54, 1.807) is 0 Å². The number of ether oxygens (including phenoxy) is 1. The van der Waals surface area contributed by atoms with Gasteiger partial charge in [0.25, 0.3) is 0 Å². The van der Waals surface area contributed by atoms with Gasteiger partial charge in [0, 0.05) is 10.2 Å². The molecule has 0 aromatic rings. The third-order valence-corrected chi connectivity index (χ3v) is 5.00. The van der Waals surface area contributed by atoms with Crippen LogP contribution in [0.3, 0.4) is 0 Å². The molecule has 0 heterocycles. The molecule has 2 rings (SSSR count). The fraction of sp³-hybridized carbons (Fsp3) is 1.00. The van der Waals surface area contributed by atoms with Gasteiger partial charge in [-0.3, -0.25) is 0 Å². The summed E-state index contributed by atoms with van der Waals surface area (Å²) in [5, 5.41) is 0. The molecule has 2 unspecified atom stereocenters. The molecule has 1 nitrogen and oxygen atoms in total. The molecule has 0 saturated heterocycles. The summed E-state index contributed by atoms with van der Waals surface area (Å²) in [4.78, 5) is 0.713. The van der Waals surface area contributed by atoms with E-state index < -0.39 is 0 Å². The van der Waals surface area contributed by atoms with Gasteiger partial charge in [-0.2, -0.15) is 0 Å². The first-order valence-corrected chi connectivity index (χ1v) is 6.67. The normalized spacial score (nSPS) is 36.0. The van der Waals surface area contributed by atoms with Gasteiger partial charge in [-0.1, -0.05) is 28.8 Å². The third kappa shape index (κ3) is 1.76. The Morgan fingerprint density at radius 3 is 2.21 bits per heavy atom. The standard InChI is InChI=1S/C12H21BrO/c1-11(2,3)14-10-8-9(13)12(10)6-4-5-7-12/h9-10H,4-8H2,1-3H3. The van der Waals surface area contributed by atoms with Crippen LogP contribution in [0.25, 0.3) is 0 Å². The molecule has 2 atom stereocenters. The Balaban J connectivity index is 2.01. The highest BCUT2D eigenvalue weighted by atomic mass is 79.9. The van der Waals surface area contributed by atoms with Crippen LogP contribution < -0.4 is 0 Å². The Morgan fingerprint density at radius 1 is 1.21 bits per heavy atom. The van der Waals surface area contributed by atoms with Gasteiger partial charge >= 0.3 is 0 Å². The van der Waals surface area contributed by atoms with Crippen molar-refractivity contribution < 1.29 is 4.74 Å². The molecule has 0 amide bonds. The number of halogens is 1. The lowest BCUT2D eigenvalue weighted by atomic mass is 9.64. The van der Waals surface area contributed by atoms with Gasteiger partial charge in [-0.15, -0.1) is 0 Å². The number of rotatable bonds is 1. The highest BCUT2D eigenvalue weighted by Gasteiger charge is 2.56. The van der Waals surface area contributed by atoms with Gasteiger partial charge in [-0.05, 0) is 40.0 Å². The second kappa shape index (κ2) is 3.48. The van der Waals surface area contributed by atoms with Crippen LogP contribution in [-0.4, -0.2) is 16.5 Å². The van der Waals surface area contributed by atoms with Crippen molar-refractivity contribution in [3.05, 3.63) is 0 Å². The van der Waals surface area contributed by atoms with E-state index in [0.29, 0.717) is 16.3 Å². The molecule has 0 aromatic carbocycles. The Bertz CT molecular complexity index is 213. The highest BCUT2D eigenvalue weighted by molar-refractivity contribution is 9.09. The molecule has 0 aromatic heterocycles. The molecule has 14 heavy (non-hydrogen) atoms. The summed E-state index contributed by atoms with van der Waals surface area (Å²) in [5.41, 5.74) is 0.515. The van der Waals surface area contributed by atoms with Crippen molar-refractivity contribution in [3.8, 4) is 0 Å². The fourth-order valence-corrected chi connectivity index (χ4v) is 4.05. The van der Waals surface area contributed by atoms with Crippen molar-refractivity contribution in [2.24, 2.45) is 5.41 Å². The Morgan fingerprint density at radius 2 is 1.79 bits per heavy atom. The summed E-state index contributed by atoms with van der Waals surface area (Å²) < 4.78 is 6.15. The van der Waals surface area contributed by atoms with Crippen LogP contribution >= 0.6 is 15.9 Å². The molecule has 2 fully saturated rings. The van der Waals surface area contributed by atoms with Crippen molar-refractivity contribution in [1.82, 2.24) is 0 Å². The molecule has 2 heteroatoms. The van der Waals surface area contributed by atoms with Crippen molar-refractivity contribution in [2.45, 2.75) is 69.4 Å². The summed E-state index contributed by atoms with van der Waals surface area (Å²) in [6.07, 6.45) is 7.23. The minimum atomic E-state index is 0.0212. The smallest absolute Gasteiger partial charge is 0.0660 e. The zero-order chi connectivity index (χ0) is 10.4. The van der Waals surface area contributed by atoms with Crippen LogP contribution in [0.15, 0.2) is 0 Å². The van der Waals surface area contributed by atoms with Gasteiger partial charge in [0.2, 0.25) is 0 Å². The Labute approximate surface area is 95.7 Å². The van der Waals surface area contributed by atoms with Crippen LogP contribution in [0.5, 0.6) is 0 Å². The molecule has 2 aliphatic carbocycles. The number of hydrogen-bond donors (Lipinski definition) is 0. The molecule has 0 bridgehead atoms. The van der Waals surface area contributed by atoms with Gasteiger partial charge in [0.05, 0.1) is 11.7 Å². The summed E-state index contributed by atoms with van der Waals surface area (Å²) >= 11 is 3.81. The molecule has 0 radical (unpaired) electrons. The summed E-state index contributed by atoms with van der Waals surface area (Å²) in [5.74, 6) is 0. The van der Waals surface area contributed by atoms with E-state index in [4.69, 9.17) is 4.74 Å². The molecule has 1 spiro atoms. The third-order valence-electron chi connectivity index (χ3n) is 3.72. The maximum Gasteiger partial charge on any atom is 0.0660 e.